The second kappa shape index (κ2) is 4.53. The normalized spacial score (nSPS) is 10.3. The third kappa shape index (κ3) is 2.53. The number of nitrogens with two attached hydrogens (primary N) is 1. The maximum absolute atomic E-state index is 5.61. The Balaban J connectivity index is 1.95. The van der Waals surface area contributed by atoms with Crippen molar-refractivity contribution >= 4 is 28.8 Å². The van der Waals surface area contributed by atoms with Gasteiger partial charge in [0.1, 0.15) is 0 Å². The highest BCUT2D eigenvalue weighted by molar-refractivity contribution is 8.00. The smallest absolute Gasteiger partial charge is 0.0601 e. The Bertz CT molecular complexity index is 378. The quantitative estimate of drug-likeness (QED) is 0.633. The maximum Gasteiger partial charge on any atom is 0.0601 e. The van der Waals surface area contributed by atoms with Crippen LogP contribution in [0.1, 0.15) is 5.56 Å². The van der Waals surface area contributed by atoms with Crippen LogP contribution in [0.2, 0.25) is 0 Å². The van der Waals surface area contributed by atoms with E-state index in [1.165, 1.54) is 9.77 Å². The molecular formula is C11H11NS2. The van der Waals surface area contributed by atoms with Crippen LogP contribution in [0.4, 0.5) is 5.69 Å². The zero-order valence-corrected chi connectivity index (χ0v) is 9.28. The van der Waals surface area contributed by atoms with Crippen molar-refractivity contribution in [2.75, 3.05) is 5.73 Å². The molecule has 0 atom stereocenters. The molecule has 72 valence electrons. The first kappa shape index (κ1) is 9.62. The van der Waals surface area contributed by atoms with E-state index in [9.17, 15) is 0 Å². The fourth-order valence-electron chi connectivity index (χ4n) is 1.11. The molecule has 0 radical (unpaired) electrons. The minimum atomic E-state index is 0.829. The van der Waals surface area contributed by atoms with Crippen LogP contribution in [0.3, 0.4) is 0 Å². The van der Waals surface area contributed by atoms with E-state index in [0.29, 0.717) is 0 Å². The molecule has 0 aliphatic rings. The molecule has 1 aromatic carbocycles. The van der Waals surface area contributed by atoms with Crippen molar-refractivity contribution < 1.29 is 0 Å². The summed E-state index contributed by atoms with van der Waals surface area (Å²) in [5.74, 6) is 1.01. The van der Waals surface area contributed by atoms with E-state index < -0.39 is 0 Å². The summed E-state index contributed by atoms with van der Waals surface area (Å²) < 4.78 is 1.36. The molecule has 2 rings (SSSR count). The number of nitrogen functional groups attached to an aromatic ring is 1. The van der Waals surface area contributed by atoms with Gasteiger partial charge < -0.3 is 5.73 Å². The van der Waals surface area contributed by atoms with Crippen molar-refractivity contribution in [3.05, 3.63) is 47.3 Å². The summed E-state index contributed by atoms with van der Waals surface area (Å²) in [6.07, 6.45) is 0. The van der Waals surface area contributed by atoms with Crippen LogP contribution in [0.15, 0.2) is 46.0 Å². The molecule has 0 aliphatic heterocycles. The highest BCUT2D eigenvalue weighted by atomic mass is 32.2. The number of rotatable bonds is 3. The fourth-order valence-corrected chi connectivity index (χ4v) is 2.85. The van der Waals surface area contributed by atoms with Gasteiger partial charge in [0.25, 0.3) is 0 Å². The van der Waals surface area contributed by atoms with Gasteiger partial charge in [-0.2, -0.15) is 0 Å². The first-order valence-corrected chi connectivity index (χ1v) is 6.22. The Morgan fingerprint density at radius 3 is 2.57 bits per heavy atom. The van der Waals surface area contributed by atoms with E-state index in [1.54, 1.807) is 11.3 Å². The van der Waals surface area contributed by atoms with Crippen LogP contribution >= 0.6 is 23.1 Å². The lowest BCUT2D eigenvalue weighted by molar-refractivity contribution is 1.41. The Morgan fingerprint density at radius 2 is 1.93 bits per heavy atom. The van der Waals surface area contributed by atoms with Gasteiger partial charge in [0, 0.05) is 11.4 Å². The van der Waals surface area contributed by atoms with Crippen molar-refractivity contribution in [3.8, 4) is 0 Å². The summed E-state index contributed by atoms with van der Waals surface area (Å²) >= 11 is 3.65. The summed E-state index contributed by atoms with van der Waals surface area (Å²) in [5, 5.41) is 2.10. The largest absolute Gasteiger partial charge is 0.399 e. The van der Waals surface area contributed by atoms with Crippen LogP contribution in [0, 0.1) is 0 Å². The van der Waals surface area contributed by atoms with Crippen molar-refractivity contribution in [3.63, 3.8) is 0 Å². The van der Waals surface area contributed by atoms with Gasteiger partial charge in [-0.25, -0.2) is 0 Å². The minimum absolute atomic E-state index is 0.829. The molecule has 2 N–H and O–H groups in total. The third-order valence-electron chi connectivity index (χ3n) is 1.86. The molecule has 1 heterocycles. The molecule has 1 nitrogen and oxygen atoms in total. The van der Waals surface area contributed by atoms with Crippen LogP contribution in [0.25, 0.3) is 0 Å². The molecule has 0 saturated carbocycles. The second-order valence-corrected chi connectivity index (χ2v) is 5.19. The topological polar surface area (TPSA) is 26.0 Å². The summed E-state index contributed by atoms with van der Waals surface area (Å²) in [4.78, 5) is 0. The second-order valence-electron chi connectivity index (χ2n) is 2.96. The summed E-state index contributed by atoms with van der Waals surface area (Å²) in [6, 6.07) is 12.3. The zero-order valence-electron chi connectivity index (χ0n) is 7.64. The zero-order chi connectivity index (χ0) is 9.80. The van der Waals surface area contributed by atoms with Gasteiger partial charge in [0.2, 0.25) is 0 Å². The maximum atomic E-state index is 5.61. The lowest BCUT2D eigenvalue weighted by Gasteiger charge is -1.99. The molecule has 2 aromatic rings. The molecule has 0 saturated heterocycles. The molecule has 0 fully saturated rings. The van der Waals surface area contributed by atoms with Crippen LogP contribution in [0.5, 0.6) is 0 Å². The van der Waals surface area contributed by atoms with Gasteiger partial charge >= 0.3 is 0 Å². The number of thiophene rings is 1. The minimum Gasteiger partial charge on any atom is -0.399 e. The van der Waals surface area contributed by atoms with Gasteiger partial charge in [-0.3, -0.25) is 0 Å². The predicted molar refractivity (Wildman–Crippen MR) is 64.7 cm³/mol. The van der Waals surface area contributed by atoms with E-state index in [1.807, 2.05) is 23.9 Å². The van der Waals surface area contributed by atoms with Crippen LogP contribution in [-0.4, -0.2) is 0 Å². The van der Waals surface area contributed by atoms with Gasteiger partial charge in [0.05, 0.1) is 4.21 Å². The van der Waals surface area contributed by atoms with Gasteiger partial charge in [-0.1, -0.05) is 18.2 Å². The number of anilines is 1. The molecule has 0 spiro atoms. The molecular weight excluding hydrogens is 210 g/mol. The molecule has 3 heteroatoms. The van der Waals surface area contributed by atoms with E-state index in [2.05, 4.69) is 29.6 Å². The van der Waals surface area contributed by atoms with Crippen molar-refractivity contribution in [2.45, 2.75) is 9.96 Å². The number of benzene rings is 1. The lowest BCUT2D eigenvalue weighted by Crippen LogP contribution is -1.84. The van der Waals surface area contributed by atoms with Crippen LogP contribution in [-0.2, 0) is 5.75 Å². The van der Waals surface area contributed by atoms with Gasteiger partial charge in [-0.15, -0.1) is 23.1 Å². The van der Waals surface area contributed by atoms with Gasteiger partial charge in [-0.05, 0) is 29.1 Å². The summed E-state index contributed by atoms with van der Waals surface area (Å²) in [5.41, 5.74) is 7.76. The molecule has 0 amide bonds. The average Bonchev–Trinajstić information content (AvgIpc) is 2.70. The monoisotopic (exact) mass is 221 g/mol. The van der Waals surface area contributed by atoms with E-state index in [0.717, 1.165) is 11.4 Å². The number of thioether (sulfide) groups is 1. The molecule has 0 bridgehead atoms. The van der Waals surface area contributed by atoms with Crippen LogP contribution < -0.4 is 5.73 Å². The molecule has 0 unspecified atom stereocenters. The standard InChI is InChI=1S/C11H11NS2/c12-10-5-3-9(4-6-10)8-14-11-2-1-7-13-11/h1-7H,8,12H2. The first-order chi connectivity index (χ1) is 6.84. The number of hydrogen-bond acceptors (Lipinski definition) is 3. The fraction of sp³-hybridized carbons (Fsp3) is 0.0909. The highest BCUT2D eigenvalue weighted by Crippen LogP contribution is 2.26. The predicted octanol–water partition coefficient (Wildman–Crippen LogP) is 3.62. The lowest BCUT2D eigenvalue weighted by atomic mass is 10.2. The third-order valence-corrected chi connectivity index (χ3v) is 4.06. The molecule has 0 aliphatic carbocycles. The van der Waals surface area contributed by atoms with E-state index in [-0.39, 0.29) is 0 Å². The Morgan fingerprint density at radius 1 is 1.14 bits per heavy atom. The summed E-state index contributed by atoms with van der Waals surface area (Å²) in [6.45, 7) is 0. The Kier molecular flexibility index (Phi) is 3.11. The highest BCUT2D eigenvalue weighted by Gasteiger charge is 1.96. The number of hydrogen-bond donors (Lipinski definition) is 1. The molecule has 14 heavy (non-hydrogen) atoms. The van der Waals surface area contributed by atoms with Crippen molar-refractivity contribution in [1.29, 1.82) is 0 Å². The average molecular weight is 221 g/mol. The first-order valence-electron chi connectivity index (χ1n) is 4.35. The van der Waals surface area contributed by atoms with Gasteiger partial charge in [0.15, 0.2) is 0 Å². The Hall–Kier alpha value is -0.930. The van der Waals surface area contributed by atoms with E-state index >= 15 is 0 Å². The molecule has 1 aromatic heterocycles. The van der Waals surface area contributed by atoms with Crippen molar-refractivity contribution in [1.82, 2.24) is 0 Å². The van der Waals surface area contributed by atoms with Crippen molar-refractivity contribution in [2.24, 2.45) is 0 Å². The van der Waals surface area contributed by atoms with E-state index in [4.69, 9.17) is 5.73 Å². The summed E-state index contributed by atoms with van der Waals surface area (Å²) in [7, 11) is 0. The SMILES string of the molecule is Nc1ccc(CSc2cccs2)cc1. The Labute approximate surface area is 92.0 Å².